The molecule has 1 spiro atoms. The molecule has 0 aliphatic heterocycles. The predicted octanol–water partition coefficient (Wildman–Crippen LogP) is 14.7. The van der Waals surface area contributed by atoms with Crippen LogP contribution in [0.5, 0.6) is 0 Å². The van der Waals surface area contributed by atoms with Gasteiger partial charge in [0.1, 0.15) is 11.2 Å². The van der Waals surface area contributed by atoms with Gasteiger partial charge in [0.15, 0.2) is 0 Å². The zero-order valence-corrected chi connectivity index (χ0v) is 31.1. The van der Waals surface area contributed by atoms with Crippen molar-refractivity contribution in [1.29, 1.82) is 0 Å². The smallest absolute Gasteiger partial charge is 0.136 e. The second-order valence-electron chi connectivity index (χ2n) is 15.2. The first-order chi connectivity index (χ1) is 28.3. The lowest BCUT2D eigenvalue weighted by Crippen LogP contribution is -2.26. The highest BCUT2D eigenvalue weighted by Crippen LogP contribution is 2.64. The van der Waals surface area contributed by atoms with Gasteiger partial charge in [0.2, 0.25) is 0 Å². The molecular weight excluding hydrogens is 691 g/mol. The van der Waals surface area contributed by atoms with Gasteiger partial charge in [-0.05, 0) is 121 Å². The highest BCUT2D eigenvalue weighted by Gasteiger charge is 2.52. The van der Waals surface area contributed by atoms with Gasteiger partial charge < -0.3 is 9.32 Å². The van der Waals surface area contributed by atoms with Gasteiger partial charge >= 0.3 is 0 Å². The predicted molar refractivity (Wildman–Crippen MR) is 236 cm³/mol. The number of rotatable bonds is 5. The molecule has 266 valence electrons. The number of anilines is 3. The number of benzene rings is 9. The third-order valence-electron chi connectivity index (χ3n) is 12.3. The molecule has 9 aromatic carbocycles. The normalized spacial score (nSPS) is 13.1. The van der Waals surface area contributed by atoms with E-state index in [0.29, 0.717) is 0 Å². The maximum absolute atomic E-state index is 6.54. The molecule has 0 bridgehead atoms. The van der Waals surface area contributed by atoms with Crippen LogP contribution in [0.15, 0.2) is 217 Å². The van der Waals surface area contributed by atoms with Crippen molar-refractivity contribution < 1.29 is 4.42 Å². The zero-order chi connectivity index (χ0) is 37.5. The van der Waals surface area contributed by atoms with E-state index in [9.17, 15) is 0 Å². The fourth-order valence-electron chi connectivity index (χ4n) is 9.80. The Morgan fingerprint density at radius 2 is 0.772 bits per heavy atom. The monoisotopic (exact) mass is 725 g/mol. The fraction of sp³-hybridized carbons (Fsp3) is 0.0182. The number of furan rings is 1. The van der Waals surface area contributed by atoms with E-state index >= 15 is 0 Å². The minimum Gasteiger partial charge on any atom is -0.456 e. The standard InChI is InChI=1S/C55H35NO/c1-3-13-36(14-4-1)38-23-27-40(28-24-38)56(41-29-25-39(26-30-41)37-15-5-2-6-16-37)42-31-32-45-47-35-54-48(46-19-9-12-22-53(46)57-54)34-52(47)55(51(45)33-42)49-20-10-7-17-43(49)44-18-8-11-21-50(44)55/h1-35H. The lowest BCUT2D eigenvalue weighted by atomic mass is 9.70. The summed E-state index contributed by atoms with van der Waals surface area (Å²) in [7, 11) is 0. The van der Waals surface area contributed by atoms with Crippen LogP contribution in [0.4, 0.5) is 17.1 Å². The first-order valence-corrected chi connectivity index (χ1v) is 19.7. The van der Waals surface area contributed by atoms with E-state index in [1.807, 2.05) is 0 Å². The number of hydrogen-bond acceptors (Lipinski definition) is 2. The van der Waals surface area contributed by atoms with Gasteiger partial charge in [-0.1, -0.05) is 158 Å². The fourth-order valence-corrected chi connectivity index (χ4v) is 9.80. The third kappa shape index (κ3) is 4.65. The summed E-state index contributed by atoms with van der Waals surface area (Å²) >= 11 is 0. The van der Waals surface area contributed by atoms with Crippen molar-refractivity contribution in [1.82, 2.24) is 0 Å². The summed E-state index contributed by atoms with van der Waals surface area (Å²) in [6, 6.07) is 77.5. The molecule has 0 saturated carbocycles. The summed E-state index contributed by atoms with van der Waals surface area (Å²) < 4.78 is 6.54. The average molecular weight is 726 g/mol. The van der Waals surface area contributed by atoms with Crippen LogP contribution in [0.3, 0.4) is 0 Å². The van der Waals surface area contributed by atoms with Crippen molar-refractivity contribution in [2.45, 2.75) is 5.41 Å². The molecule has 2 nitrogen and oxygen atoms in total. The van der Waals surface area contributed by atoms with E-state index in [1.54, 1.807) is 0 Å². The maximum Gasteiger partial charge on any atom is 0.136 e. The molecule has 1 aromatic heterocycles. The molecule has 10 aromatic rings. The second kappa shape index (κ2) is 12.3. The van der Waals surface area contributed by atoms with Gasteiger partial charge in [-0.3, -0.25) is 0 Å². The molecule has 12 rings (SSSR count). The van der Waals surface area contributed by atoms with Gasteiger partial charge in [-0.2, -0.15) is 0 Å². The van der Waals surface area contributed by atoms with E-state index in [1.165, 1.54) is 66.8 Å². The summed E-state index contributed by atoms with van der Waals surface area (Å²) in [4.78, 5) is 2.41. The SMILES string of the molecule is c1ccc(-c2ccc(N(c3ccc(-c4ccccc4)cc3)c3ccc4c(c3)C3(c5ccccc5-c5ccccc53)c3cc5c(cc3-4)oc3ccccc35)cc2)cc1. The molecule has 2 heteroatoms. The van der Waals surface area contributed by atoms with Crippen LogP contribution in [-0.4, -0.2) is 0 Å². The Morgan fingerprint density at radius 1 is 0.298 bits per heavy atom. The van der Waals surface area contributed by atoms with E-state index in [2.05, 4.69) is 217 Å². The maximum atomic E-state index is 6.54. The Labute approximate surface area is 331 Å². The number of hydrogen-bond donors (Lipinski definition) is 0. The van der Waals surface area contributed by atoms with Gasteiger partial charge in [0.25, 0.3) is 0 Å². The van der Waals surface area contributed by atoms with Gasteiger partial charge in [-0.25, -0.2) is 0 Å². The van der Waals surface area contributed by atoms with E-state index in [0.717, 1.165) is 39.0 Å². The second-order valence-corrected chi connectivity index (χ2v) is 15.2. The Balaban J connectivity index is 1.10. The first-order valence-electron chi connectivity index (χ1n) is 19.7. The minimum absolute atomic E-state index is 0.513. The van der Waals surface area contributed by atoms with Gasteiger partial charge in [0.05, 0.1) is 5.41 Å². The van der Waals surface area contributed by atoms with Crippen molar-refractivity contribution in [2.75, 3.05) is 4.90 Å². The van der Waals surface area contributed by atoms with Crippen LogP contribution < -0.4 is 4.90 Å². The molecule has 0 saturated heterocycles. The Bertz CT molecular complexity index is 3030. The van der Waals surface area contributed by atoms with Crippen molar-refractivity contribution >= 4 is 39.0 Å². The van der Waals surface area contributed by atoms with Crippen LogP contribution in [-0.2, 0) is 5.41 Å². The van der Waals surface area contributed by atoms with Gasteiger partial charge in [0, 0.05) is 27.8 Å². The molecule has 57 heavy (non-hydrogen) atoms. The average Bonchev–Trinajstić information content (AvgIpc) is 3.90. The van der Waals surface area contributed by atoms with E-state index in [-0.39, 0.29) is 0 Å². The van der Waals surface area contributed by atoms with Crippen LogP contribution in [0.1, 0.15) is 22.3 Å². The van der Waals surface area contributed by atoms with Crippen LogP contribution in [0, 0.1) is 0 Å². The van der Waals surface area contributed by atoms with Crippen molar-refractivity contribution in [2.24, 2.45) is 0 Å². The molecule has 0 unspecified atom stereocenters. The largest absolute Gasteiger partial charge is 0.456 e. The summed E-state index contributed by atoms with van der Waals surface area (Å²) in [5.41, 5.74) is 19.7. The lowest BCUT2D eigenvalue weighted by Gasteiger charge is -2.32. The Kier molecular flexibility index (Phi) is 6.88. The van der Waals surface area contributed by atoms with E-state index < -0.39 is 5.41 Å². The molecule has 2 aliphatic rings. The van der Waals surface area contributed by atoms with E-state index in [4.69, 9.17) is 4.42 Å². The van der Waals surface area contributed by atoms with Crippen LogP contribution in [0.2, 0.25) is 0 Å². The molecule has 0 amide bonds. The van der Waals surface area contributed by atoms with Gasteiger partial charge in [-0.15, -0.1) is 0 Å². The quantitative estimate of drug-likeness (QED) is 0.176. The molecule has 1 heterocycles. The molecule has 0 N–H and O–H groups in total. The zero-order valence-electron chi connectivity index (χ0n) is 31.1. The number of para-hydroxylation sites is 1. The Hall–Kier alpha value is -7.42. The van der Waals surface area contributed by atoms with Crippen molar-refractivity contribution in [3.05, 3.63) is 235 Å². The highest BCUT2D eigenvalue weighted by molar-refractivity contribution is 6.09. The summed E-state index contributed by atoms with van der Waals surface area (Å²) in [5, 5.41) is 2.29. The van der Waals surface area contributed by atoms with Crippen molar-refractivity contribution in [3.8, 4) is 44.5 Å². The first kappa shape index (κ1) is 31.9. The Morgan fingerprint density at radius 3 is 1.39 bits per heavy atom. The van der Waals surface area contributed by atoms with Crippen LogP contribution in [0.25, 0.3) is 66.4 Å². The lowest BCUT2D eigenvalue weighted by molar-refractivity contribution is 0.669. The number of fused-ring (bicyclic) bond motifs is 13. The molecule has 0 fully saturated rings. The summed E-state index contributed by atoms with van der Waals surface area (Å²) in [5.74, 6) is 0. The molecule has 0 radical (unpaired) electrons. The third-order valence-corrected chi connectivity index (χ3v) is 12.3. The van der Waals surface area contributed by atoms with Crippen LogP contribution >= 0.6 is 0 Å². The number of nitrogens with zero attached hydrogens (tertiary/aromatic N) is 1. The molecule has 0 atom stereocenters. The van der Waals surface area contributed by atoms with Crippen molar-refractivity contribution in [3.63, 3.8) is 0 Å². The molecule has 2 aliphatic carbocycles. The topological polar surface area (TPSA) is 16.4 Å². The summed E-state index contributed by atoms with van der Waals surface area (Å²) in [6.07, 6.45) is 0. The minimum atomic E-state index is -0.513. The molecular formula is C55H35NO. The highest BCUT2D eigenvalue weighted by atomic mass is 16.3. The summed E-state index contributed by atoms with van der Waals surface area (Å²) in [6.45, 7) is 0.